The minimum absolute atomic E-state index is 0.228. The molecule has 1 saturated carbocycles. The number of hydrogen-bond acceptors (Lipinski definition) is 5. The number of esters is 1. The maximum Gasteiger partial charge on any atom is 0.329 e. The van der Waals surface area contributed by atoms with E-state index >= 15 is 0 Å². The van der Waals surface area contributed by atoms with E-state index in [2.05, 4.69) is 16.7 Å². The highest BCUT2D eigenvalue weighted by atomic mass is 16.5. The molecule has 2 amide bonds. The van der Waals surface area contributed by atoms with Crippen LogP contribution in [0.3, 0.4) is 0 Å². The van der Waals surface area contributed by atoms with Gasteiger partial charge >= 0.3 is 5.97 Å². The number of ether oxygens (including phenoxy) is 1. The SMILES string of the molecule is CC(OC(=O)[C@@H](NC(=O)c1ccccc1)C(C)C)C(=O)NC1(C#N)CCCCC1. The van der Waals surface area contributed by atoms with Gasteiger partial charge in [-0.2, -0.15) is 5.26 Å². The molecule has 7 nitrogen and oxygen atoms in total. The van der Waals surface area contributed by atoms with Gasteiger partial charge in [-0.15, -0.1) is 0 Å². The number of amides is 2. The van der Waals surface area contributed by atoms with Gasteiger partial charge in [0, 0.05) is 5.56 Å². The summed E-state index contributed by atoms with van der Waals surface area (Å²) in [4.78, 5) is 37.5. The monoisotopic (exact) mass is 399 g/mol. The predicted octanol–water partition coefficient (Wildman–Crippen LogP) is 2.72. The molecular weight excluding hydrogens is 370 g/mol. The van der Waals surface area contributed by atoms with Crippen molar-refractivity contribution in [3.05, 3.63) is 35.9 Å². The fourth-order valence-electron chi connectivity index (χ4n) is 3.37. The molecule has 7 heteroatoms. The number of nitrogens with one attached hydrogen (secondary N) is 2. The molecule has 2 N–H and O–H groups in total. The molecule has 2 rings (SSSR count). The van der Waals surface area contributed by atoms with Crippen LogP contribution in [0.1, 0.15) is 63.2 Å². The Kier molecular flexibility index (Phi) is 7.77. The zero-order valence-electron chi connectivity index (χ0n) is 17.2. The van der Waals surface area contributed by atoms with Crippen LogP contribution in [0.15, 0.2) is 30.3 Å². The van der Waals surface area contributed by atoms with E-state index in [0.717, 1.165) is 19.3 Å². The number of nitriles is 1. The lowest BCUT2D eigenvalue weighted by Gasteiger charge is -2.32. The summed E-state index contributed by atoms with van der Waals surface area (Å²) in [6.45, 7) is 5.04. The number of rotatable bonds is 7. The summed E-state index contributed by atoms with van der Waals surface area (Å²) >= 11 is 0. The van der Waals surface area contributed by atoms with Gasteiger partial charge in [-0.3, -0.25) is 9.59 Å². The lowest BCUT2D eigenvalue weighted by Crippen LogP contribution is -2.53. The summed E-state index contributed by atoms with van der Waals surface area (Å²) < 4.78 is 5.33. The first-order chi connectivity index (χ1) is 13.8. The zero-order chi connectivity index (χ0) is 21.4. The standard InChI is InChI=1S/C22H29N3O4/c1-15(2)18(24-20(27)17-10-6-4-7-11-17)21(28)29-16(3)19(26)25-22(14-23)12-8-5-9-13-22/h4,6-7,10-11,15-16,18H,5,8-9,12-13H2,1-3H3,(H,24,27)(H,25,26)/t16?,18-/m0/s1. The topological polar surface area (TPSA) is 108 Å². The lowest BCUT2D eigenvalue weighted by atomic mass is 9.83. The molecule has 29 heavy (non-hydrogen) atoms. The Labute approximate surface area is 171 Å². The van der Waals surface area contributed by atoms with Gasteiger partial charge in [0.1, 0.15) is 11.6 Å². The highest BCUT2D eigenvalue weighted by Crippen LogP contribution is 2.27. The van der Waals surface area contributed by atoms with Crippen molar-refractivity contribution >= 4 is 17.8 Å². The highest BCUT2D eigenvalue weighted by Gasteiger charge is 2.36. The molecule has 0 radical (unpaired) electrons. The van der Waals surface area contributed by atoms with Crippen LogP contribution in [-0.4, -0.2) is 35.5 Å². The third kappa shape index (κ3) is 6.05. The van der Waals surface area contributed by atoms with Crippen molar-refractivity contribution in [3.8, 4) is 6.07 Å². The molecule has 1 fully saturated rings. The number of nitrogens with zero attached hydrogens (tertiary/aromatic N) is 1. The van der Waals surface area contributed by atoms with E-state index < -0.39 is 29.6 Å². The zero-order valence-corrected chi connectivity index (χ0v) is 17.2. The van der Waals surface area contributed by atoms with Crippen molar-refractivity contribution in [1.29, 1.82) is 5.26 Å². The van der Waals surface area contributed by atoms with Gasteiger partial charge in [-0.25, -0.2) is 4.79 Å². The molecule has 0 saturated heterocycles. The first-order valence-corrected chi connectivity index (χ1v) is 10.1. The van der Waals surface area contributed by atoms with Crippen molar-refractivity contribution < 1.29 is 19.1 Å². The molecule has 1 aromatic rings. The minimum atomic E-state index is -1.07. The van der Waals surface area contributed by atoms with Crippen LogP contribution in [0.5, 0.6) is 0 Å². The van der Waals surface area contributed by atoms with Gasteiger partial charge < -0.3 is 15.4 Å². The summed E-state index contributed by atoms with van der Waals surface area (Å²) in [7, 11) is 0. The Bertz CT molecular complexity index is 764. The Morgan fingerprint density at radius 3 is 2.24 bits per heavy atom. The molecule has 0 aliphatic heterocycles. The smallest absolute Gasteiger partial charge is 0.329 e. The molecule has 0 heterocycles. The quantitative estimate of drug-likeness (QED) is 0.685. The molecule has 156 valence electrons. The Hall–Kier alpha value is -2.88. The van der Waals surface area contributed by atoms with Crippen molar-refractivity contribution in [2.24, 2.45) is 5.92 Å². The second-order valence-electron chi connectivity index (χ2n) is 7.88. The number of carbonyl (C=O) groups excluding carboxylic acids is 3. The fourth-order valence-corrected chi connectivity index (χ4v) is 3.37. The molecule has 1 aliphatic carbocycles. The molecule has 1 aliphatic rings. The van der Waals surface area contributed by atoms with Crippen molar-refractivity contribution in [3.63, 3.8) is 0 Å². The Morgan fingerprint density at radius 1 is 1.07 bits per heavy atom. The summed E-state index contributed by atoms with van der Waals surface area (Å²) in [5, 5.41) is 14.9. The molecule has 0 spiro atoms. The molecule has 0 aromatic heterocycles. The van der Waals surface area contributed by atoms with Gasteiger partial charge in [0.2, 0.25) is 0 Å². The Balaban J connectivity index is 1.98. The van der Waals surface area contributed by atoms with Crippen molar-refractivity contribution in [2.45, 2.75) is 70.6 Å². The average molecular weight is 399 g/mol. The van der Waals surface area contributed by atoms with E-state index in [-0.39, 0.29) is 11.8 Å². The van der Waals surface area contributed by atoms with Crippen LogP contribution >= 0.6 is 0 Å². The van der Waals surface area contributed by atoms with Gasteiger partial charge in [0.05, 0.1) is 6.07 Å². The second-order valence-corrected chi connectivity index (χ2v) is 7.88. The van der Waals surface area contributed by atoms with Crippen LogP contribution in [0.4, 0.5) is 0 Å². The van der Waals surface area contributed by atoms with E-state index in [1.807, 2.05) is 0 Å². The second kappa shape index (κ2) is 10.1. The molecular formula is C22H29N3O4. The third-order valence-electron chi connectivity index (χ3n) is 5.19. The molecule has 2 atom stereocenters. The van der Waals surface area contributed by atoms with Crippen molar-refractivity contribution in [1.82, 2.24) is 10.6 Å². The first-order valence-electron chi connectivity index (χ1n) is 10.1. The van der Waals surface area contributed by atoms with Crippen LogP contribution < -0.4 is 10.6 Å². The number of carbonyl (C=O) groups is 3. The normalized spacial score (nSPS) is 17.5. The number of hydrogen-bond donors (Lipinski definition) is 2. The van der Waals surface area contributed by atoms with Gasteiger partial charge in [-0.1, -0.05) is 51.3 Å². The third-order valence-corrected chi connectivity index (χ3v) is 5.19. The maximum absolute atomic E-state index is 12.6. The van der Waals surface area contributed by atoms with Crippen LogP contribution in [-0.2, 0) is 14.3 Å². The maximum atomic E-state index is 12.6. The van der Waals surface area contributed by atoms with Gasteiger partial charge in [0.15, 0.2) is 6.10 Å². The van der Waals surface area contributed by atoms with E-state index in [9.17, 15) is 19.6 Å². The van der Waals surface area contributed by atoms with Crippen molar-refractivity contribution in [2.75, 3.05) is 0 Å². The average Bonchev–Trinajstić information content (AvgIpc) is 2.72. The van der Waals surface area contributed by atoms with Crippen LogP contribution in [0.2, 0.25) is 0 Å². The summed E-state index contributed by atoms with van der Waals surface area (Å²) in [6.07, 6.45) is 2.92. The largest absolute Gasteiger partial charge is 0.451 e. The fraction of sp³-hybridized carbons (Fsp3) is 0.545. The molecule has 0 bridgehead atoms. The van der Waals surface area contributed by atoms with E-state index in [0.29, 0.717) is 18.4 Å². The van der Waals surface area contributed by atoms with Crippen LogP contribution in [0.25, 0.3) is 0 Å². The minimum Gasteiger partial charge on any atom is -0.451 e. The van der Waals surface area contributed by atoms with E-state index in [1.165, 1.54) is 6.92 Å². The summed E-state index contributed by atoms with van der Waals surface area (Å²) in [5.74, 6) is -1.79. The van der Waals surface area contributed by atoms with E-state index in [4.69, 9.17) is 4.74 Å². The van der Waals surface area contributed by atoms with Gasteiger partial charge in [-0.05, 0) is 37.8 Å². The summed E-state index contributed by atoms with van der Waals surface area (Å²) in [5.41, 5.74) is -0.459. The highest BCUT2D eigenvalue weighted by molar-refractivity contribution is 5.97. The van der Waals surface area contributed by atoms with E-state index in [1.54, 1.807) is 44.2 Å². The van der Waals surface area contributed by atoms with Gasteiger partial charge in [0.25, 0.3) is 11.8 Å². The first kappa shape index (κ1) is 22.4. The lowest BCUT2D eigenvalue weighted by molar-refractivity contribution is -0.158. The van der Waals surface area contributed by atoms with Crippen LogP contribution in [0, 0.1) is 17.2 Å². The predicted molar refractivity (Wildman–Crippen MR) is 108 cm³/mol. The number of benzene rings is 1. The molecule has 1 aromatic carbocycles. The molecule has 1 unspecified atom stereocenters. The summed E-state index contributed by atoms with van der Waals surface area (Å²) in [6, 6.07) is 9.90. The Morgan fingerprint density at radius 2 is 1.69 bits per heavy atom.